The van der Waals surface area contributed by atoms with E-state index < -0.39 is 11.9 Å². The van der Waals surface area contributed by atoms with Gasteiger partial charge in [0.2, 0.25) is 11.9 Å². The first-order chi connectivity index (χ1) is 18.9. The number of carboxylic acid groups (broad SMARTS) is 2. The van der Waals surface area contributed by atoms with Gasteiger partial charge in [0, 0.05) is 62.5 Å². The molecule has 39 heavy (non-hydrogen) atoms. The van der Waals surface area contributed by atoms with Crippen LogP contribution < -0.4 is 9.80 Å². The summed E-state index contributed by atoms with van der Waals surface area (Å²) in [7, 11) is 0. The Hall–Kier alpha value is -3.79. The average molecular weight is 538 g/mol. The lowest BCUT2D eigenvalue weighted by atomic mass is 9.93. The van der Waals surface area contributed by atoms with Crippen LogP contribution in [0.25, 0.3) is 0 Å². The lowest BCUT2D eigenvalue weighted by Crippen LogP contribution is -2.52. The highest BCUT2D eigenvalue weighted by molar-refractivity contribution is 5.95. The van der Waals surface area contributed by atoms with Crippen molar-refractivity contribution in [3.63, 3.8) is 0 Å². The summed E-state index contributed by atoms with van der Waals surface area (Å²) < 4.78 is 0. The molecule has 2 aliphatic rings. The zero-order valence-corrected chi connectivity index (χ0v) is 22.6. The molecule has 1 aromatic heterocycles. The smallest absolute Gasteiger partial charge is 0.328 e. The second kappa shape index (κ2) is 15.6. The number of carboxylic acids is 2. The molecule has 2 heterocycles. The van der Waals surface area contributed by atoms with Crippen molar-refractivity contribution in [2.75, 3.05) is 42.5 Å². The van der Waals surface area contributed by atoms with E-state index in [0.29, 0.717) is 24.7 Å². The van der Waals surface area contributed by atoms with Crippen LogP contribution in [0.2, 0.25) is 0 Å². The van der Waals surface area contributed by atoms with Gasteiger partial charge in [0.1, 0.15) is 0 Å². The highest BCUT2D eigenvalue weighted by atomic mass is 16.4. The Balaban J connectivity index is 0.000000459. The fourth-order valence-electron chi connectivity index (χ4n) is 4.93. The lowest BCUT2D eigenvalue weighted by Gasteiger charge is -2.38. The van der Waals surface area contributed by atoms with Crippen molar-refractivity contribution in [2.24, 2.45) is 0 Å². The molecule has 1 aliphatic carbocycles. The number of piperazine rings is 1. The van der Waals surface area contributed by atoms with E-state index in [4.69, 9.17) is 10.2 Å². The summed E-state index contributed by atoms with van der Waals surface area (Å²) in [4.78, 5) is 48.2. The van der Waals surface area contributed by atoms with Gasteiger partial charge in [-0.15, -0.1) is 0 Å². The molecule has 2 N–H and O–H groups in total. The fourth-order valence-corrected chi connectivity index (χ4v) is 4.93. The second-order valence-corrected chi connectivity index (χ2v) is 9.81. The summed E-state index contributed by atoms with van der Waals surface area (Å²) in [5, 5.41) is 15.6. The maximum atomic E-state index is 13.4. The Kier molecular flexibility index (Phi) is 11.9. The van der Waals surface area contributed by atoms with Gasteiger partial charge in [-0.1, -0.05) is 50.8 Å². The highest BCUT2D eigenvalue weighted by Crippen LogP contribution is 2.27. The van der Waals surface area contributed by atoms with Crippen molar-refractivity contribution in [2.45, 2.75) is 57.9 Å². The number of benzene rings is 1. The molecule has 1 aliphatic heterocycles. The van der Waals surface area contributed by atoms with Crippen molar-refractivity contribution in [3.05, 3.63) is 60.4 Å². The van der Waals surface area contributed by atoms with Crippen molar-refractivity contribution in [1.82, 2.24) is 14.9 Å². The predicted molar refractivity (Wildman–Crippen MR) is 150 cm³/mol. The number of amides is 1. The number of aryl methyl sites for hydroxylation is 1. The fraction of sp³-hybridized carbons (Fsp3) is 0.483. The molecular weight excluding hydrogens is 498 g/mol. The SMILES string of the molecule is CCCc1cnc(N2CCN(CC(=O)N(c3ccccc3)C3CCCCC3)CC2)nc1.O=C(O)/C=C/C(=O)O. The van der Waals surface area contributed by atoms with E-state index in [0.717, 1.165) is 63.5 Å². The van der Waals surface area contributed by atoms with Crippen LogP contribution >= 0.6 is 0 Å². The van der Waals surface area contributed by atoms with Gasteiger partial charge in [-0.25, -0.2) is 19.6 Å². The van der Waals surface area contributed by atoms with Crippen molar-refractivity contribution in [3.8, 4) is 0 Å². The number of aliphatic carboxylic acids is 2. The van der Waals surface area contributed by atoms with Crippen molar-refractivity contribution < 1.29 is 24.6 Å². The van der Waals surface area contributed by atoms with Crippen LogP contribution in [0.5, 0.6) is 0 Å². The van der Waals surface area contributed by atoms with E-state index in [1.54, 1.807) is 0 Å². The standard InChI is InChI=1S/C25H35N5O.C4H4O4/c1-2-9-21-18-26-25(27-19-21)29-16-14-28(15-17-29)20-24(31)30(22-10-5-3-6-11-22)23-12-7-4-8-13-23;5-3(6)1-2-4(7)8/h3,5-6,10-11,18-19,23H,2,4,7-9,12-17,20H2,1H3;1-2H,(H,5,6)(H,7,8)/b;2-1+. The largest absolute Gasteiger partial charge is 0.478 e. The zero-order valence-electron chi connectivity index (χ0n) is 22.6. The van der Waals surface area contributed by atoms with Gasteiger partial charge in [-0.3, -0.25) is 9.69 Å². The molecular formula is C29H39N5O5. The van der Waals surface area contributed by atoms with Crippen LogP contribution in [0.3, 0.4) is 0 Å². The first-order valence-electron chi connectivity index (χ1n) is 13.7. The number of aromatic nitrogens is 2. The summed E-state index contributed by atoms with van der Waals surface area (Å²) in [6.45, 7) is 6.08. The Labute approximate surface area is 230 Å². The number of anilines is 2. The molecule has 1 amide bonds. The highest BCUT2D eigenvalue weighted by Gasteiger charge is 2.29. The molecule has 0 unspecified atom stereocenters. The molecule has 0 radical (unpaired) electrons. The third-order valence-corrected chi connectivity index (χ3v) is 6.86. The second-order valence-electron chi connectivity index (χ2n) is 9.81. The average Bonchev–Trinajstić information content (AvgIpc) is 2.95. The van der Waals surface area contributed by atoms with Gasteiger partial charge in [-0.05, 0) is 37.0 Å². The van der Waals surface area contributed by atoms with Crippen molar-refractivity contribution in [1.29, 1.82) is 0 Å². The normalized spacial score (nSPS) is 16.4. The topological polar surface area (TPSA) is 127 Å². The molecule has 2 fully saturated rings. The van der Waals surface area contributed by atoms with E-state index in [9.17, 15) is 14.4 Å². The molecule has 0 spiro atoms. The summed E-state index contributed by atoms with van der Waals surface area (Å²) in [5.41, 5.74) is 2.23. The number of hydrogen-bond donors (Lipinski definition) is 2. The van der Waals surface area contributed by atoms with Gasteiger partial charge in [0.25, 0.3) is 0 Å². The minimum absolute atomic E-state index is 0.228. The van der Waals surface area contributed by atoms with Gasteiger partial charge in [0.05, 0.1) is 6.54 Å². The number of rotatable bonds is 9. The number of carbonyl (C=O) groups is 3. The molecule has 0 atom stereocenters. The van der Waals surface area contributed by atoms with Crippen LogP contribution in [0, 0.1) is 0 Å². The summed E-state index contributed by atoms with van der Waals surface area (Å²) in [5.74, 6) is -1.48. The number of para-hydroxylation sites is 1. The third-order valence-electron chi connectivity index (χ3n) is 6.86. The van der Waals surface area contributed by atoms with Gasteiger partial charge in [0.15, 0.2) is 0 Å². The number of hydrogen-bond acceptors (Lipinski definition) is 7. The monoisotopic (exact) mass is 537 g/mol. The lowest BCUT2D eigenvalue weighted by molar-refractivity contribution is -0.134. The number of carbonyl (C=O) groups excluding carboxylic acids is 1. The van der Waals surface area contributed by atoms with Crippen LogP contribution in [-0.4, -0.2) is 81.7 Å². The quantitative estimate of drug-likeness (QED) is 0.461. The summed E-state index contributed by atoms with van der Waals surface area (Å²) in [6, 6.07) is 10.6. The van der Waals surface area contributed by atoms with E-state index in [-0.39, 0.29) is 5.91 Å². The van der Waals surface area contributed by atoms with Crippen molar-refractivity contribution >= 4 is 29.5 Å². The van der Waals surface area contributed by atoms with Crippen LogP contribution in [0.1, 0.15) is 51.0 Å². The molecule has 2 aromatic rings. The van der Waals surface area contributed by atoms with Gasteiger partial charge in [-0.2, -0.15) is 0 Å². The molecule has 10 heteroatoms. The summed E-state index contributed by atoms with van der Waals surface area (Å²) >= 11 is 0. The van der Waals surface area contributed by atoms with Crippen LogP contribution in [0.4, 0.5) is 11.6 Å². The Morgan fingerprint density at radius 2 is 1.51 bits per heavy atom. The molecule has 210 valence electrons. The molecule has 0 bridgehead atoms. The van der Waals surface area contributed by atoms with Crippen LogP contribution in [-0.2, 0) is 20.8 Å². The van der Waals surface area contributed by atoms with Gasteiger partial charge < -0.3 is 20.0 Å². The molecule has 4 rings (SSSR count). The Bertz CT molecular complexity index is 1060. The Morgan fingerprint density at radius 3 is 2.05 bits per heavy atom. The maximum Gasteiger partial charge on any atom is 0.328 e. The van der Waals surface area contributed by atoms with E-state index in [2.05, 4.69) is 43.7 Å². The molecule has 1 saturated heterocycles. The van der Waals surface area contributed by atoms with E-state index in [1.807, 2.05) is 30.6 Å². The first kappa shape index (κ1) is 29.8. The molecule has 1 saturated carbocycles. The third kappa shape index (κ3) is 9.79. The van der Waals surface area contributed by atoms with E-state index >= 15 is 0 Å². The minimum atomic E-state index is -1.26. The summed E-state index contributed by atoms with van der Waals surface area (Å²) in [6.07, 6.45) is 13.1. The zero-order chi connectivity index (χ0) is 28.0. The minimum Gasteiger partial charge on any atom is -0.478 e. The van der Waals surface area contributed by atoms with Gasteiger partial charge >= 0.3 is 11.9 Å². The first-order valence-corrected chi connectivity index (χ1v) is 13.7. The molecule has 10 nitrogen and oxygen atoms in total. The molecule has 1 aromatic carbocycles. The predicted octanol–water partition coefficient (Wildman–Crippen LogP) is 3.63. The maximum absolute atomic E-state index is 13.4. The van der Waals surface area contributed by atoms with Crippen LogP contribution in [0.15, 0.2) is 54.9 Å². The Morgan fingerprint density at radius 1 is 0.923 bits per heavy atom. The number of nitrogens with zero attached hydrogens (tertiary/aromatic N) is 5. The van der Waals surface area contributed by atoms with E-state index in [1.165, 1.54) is 24.8 Å².